The number of carboxylic acids is 1. The average molecular weight is 336 g/mol. The predicted octanol–water partition coefficient (Wildman–Crippen LogP) is 2.63. The zero-order valence-corrected chi connectivity index (χ0v) is 13.8. The number of carbonyl (C=O) groups is 2. The van der Waals surface area contributed by atoms with Gasteiger partial charge in [0.05, 0.1) is 10.8 Å². The number of para-hydroxylation sites is 1. The number of nitro benzene ring substituents is 1. The summed E-state index contributed by atoms with van der Waals surface area (Å²) in [5.41, 5.74) is -0.521. The van der Waals surface area contributed by atoms with Crippen molar-refractivity contribution in [2.75, 3.05) is 13.1 Å². The first-order valence-corrected chi connectivity index (χ1v) is 7.54. The van der Waals surface area contributed by atoms with Crippen molar-refractivity contribution in [3.8, 4) is 0 Å². The van der Waals surface area contributed by atoms with Crippen LogP contribution in [0.25, 0.3) is 0 Å². The highest BCUT2D eigenvalue weighted by atomic mass is 16.6. The number of hydrogen-bond acceptors (Lipinski definition) is 5. The first-order valence-electron chi connectivity index (χ1n) is 7.54. The number of nitro groups is 1. The molecule has 1 N–H and O–H groups in total. The molecule has 130 valence electrons. The number of rotatable bonds is 3. The Morgan fingerprint density at radius 1 is 1.29 bits per heavy atom. The fourth-order valence-corrected chi connectivity index (χ4v) is 2.81. The van der Waals surface area contributed by atoms with Crippen molar-refractivity contribution in [1.82, 2.24) is 4.90 Å². The maximum absolute atomic E-state index is 12.2. The Morgan fingerprint density at radius 2 is 1.92 bits per heavy atom. The van der Waals surface area contributed by atoms with Crippen molar-refractivity contribution in [2.24, 2.45) is 5.92 Å². The number of carboxylic acid groups (broad SMARTS) is 1. The van der Waals surface area contributed by atoms with E-state index >= 15 is 0 Å². The molecule has 1 amide bonds. The summed E-state index contributed by atoms with van der Waals surface area (Å²) in [7, 11) is 0. The lowest BCUT2D eigenvalue weighted by molar-refractivity contribution is -0.385. The molecule has 0 spiro atoms. The molecule has 2 atom stereocenters. The lowest BCUT2D eigenvalue weighted by Gasteiger charge is -2.24. The molecule has 8 nitrogen and oxygen atoms in total. The normalized spacial score (nSPS) is 20.7. The highest BCUT2D eigenvalue weighted by Gasteiger charge is 2.43. The van der Waals surface area contributed by atoms with Crippen molar-refractivity contribution in [1.29, 1.82) is 0 Å². The van der Waals surface area contributed by atoms with Crippen molar-refractivity contribution >= 4 is 17.7 Å². The Morgan fingerprint density at radius 3 is 2.46 bits per heavy atom. The first-order chi connectivity index (χ1) is 11.1. The van der Waals surface area contributed by atoms with Gasteiger partial charge in [0.1, 0.15) is 5.60 Å². The SMILES string of the molecule is CC(C)(C)OC(=O)N1C[C@@H](C(=O)O)[C@H](c2ccccc2[N+](=O)[O-])C1. The number of carbonyl (C=O) groups excluding carboxylic acids is 1. The zero-order chi connectivity index (χ0) is 18.1. The molecule has 0 unspecified atom stereocenters. The van der Waals surface area contributed by atoms with E-state index in [2.05, 4.69) is 0 Å². The van der Waals surface area contributed by atoms with Gasteiger partial charge in [-0.05, 0) is 20.8 Å². The number of hydrogen-bond donors (Lipinski definition) is 1. The molecule has 0 aromatic heterocycles. The van der Waals surface area contributed by atoms with Crippen LogP contribution in [0.3, 0.4) is 0 Å². The van der Waals surface area contributed by atoms with Gasteiger partial charge in [-0.1, -0.05) is 18.2 Å². The fraction of sp³-hybridized carbons (Fsp3) is 0.500. The molecule has 1 saturated heterocycles. The minimum atomic E-state index is -1.09. The summed E-state index contributed by atoms with van der Waals surface area (Å²) in [6.07, 6.45) is -0.616. The van der Waals surface area contributed by atoms with Crippen molar-refractivity contribution in [2.45, 2.75) is 32.3 Å². The predicted molar refractivity (Wildman–Crippen MR) is 84.8 cm³/mol. The van der Waals surface area contributed by atoms with E-state index in [0.717, 1.165) is 0 Å². The number of benzene rings is 1. The molecule has 1 aromatic carbocycles. The first kappa shape index (κ1) is 17.7. The molecular formula is C16H20N2O6. The summed E-state index contributed by atoms with van der Waals surface area (Å²) in [5.74, 6) is -2.67. The third-order valence-corrected chi connectivity index (χ3v) is 3.82. The van der Waals surface area contributed by atoms with E-state index < -0.39 is 34.4 Å². The highest BCUT2D eigenvalue weighted by molar-refractivity contribution is 5.76. The molecule has 1 aromatic rings. The van der Waals surface area contributed by atoms with Crippen molar-refractivity contribution in [3.63, 3.8) is 0 Å². The maximum Gasteiger partial charge on any atom is 0.410 e. The molecule has 1 aliphatic rings. The molecule has 1 aliphatic heterocycles. The Hall–Kier alpha value is -2.64. The van der Waals surface area contributed by atoms with Crippen molar-refractivity contribution < 1.29 is 24.4 Å². The molecule has 0 bridgehead atoms. The van der Waals surface area contributed by atoms with E-state index in [1.165, 1.54) is 23.1 Å². The zero-order valence-electron chi connectivity index (χ0n) is 13.8. The van der Waals surface area contributed by atoms with E-state index in [1.807, 2.05) is 0 Å². The number of ether oxygens (including phenoxy) is 1. The van der Waals surface area contributed by atoms with Gasteiger partial charge in [0, 0.05) is 30.6 Å². The Kier molecular flexibility index (Phi) is 4.77. The van der Waals surface area contributed by atoms with E-state index in [4.69, 9.17) is 4.74 Å². The van der Waals surface area contributed by atoms with E-state index in [1.54, 1.807) is 26.8 Å². The van der Waals surface area contributed by atoms with Crippen LogP contribution in [-0.2, 0) is 9.53 Å². The van der Waals surface area contributed by atoms with Crippen LogP contribution in [0.2, 0.25) is 0 Å². The van der Waals surface area contributed by atoms with E-state index in [9.17, 15) is 24.8 Å². The number of likely N-dealkylation sites (tertiary alicyclic amines) is 1. The number of amides is 1. The largest absolute Gasteiger partial charge is 0.481 e. The quantitative estimate of drug-likeness (QED) is 0.671. The minimum Gasteiger partial charge on any atom is -0.481 e. The third-order valence-electron chi connectivity index (χ3n) is 3.82. The van der Waals surface area contributed by atoms with E-state index in [-0.39, 0.29) is 18.8 Å². The van der Waals surface area contributed by atoms with Gasteiger partial charge in [-0.15, -0.1) is 0 Å². The van der Waals surface area contributed by atoms with Crippen LogP contribution in [0.5, 0.6) is 0 Å². The Bertz CT molecular complexity index is 667. The Labute approximate surface area is 139 Å². The molecule has 1 fully saturated rings. The van der Waals surface area contributed by atoms with Gasteiger partial charge in [-0.3, -0.25) is 14.9 Å². The van der Waals surface area contributed by atoms with Crippen LogP contribution < -0.4 is 0 Å². The minimum absolute atomic E-state index is 0.0407. The standard InChI is InChI=1S/C16H20N2O6/c1-16(2,3)24-15(21)17-8-11(12(9-17)14(19)20)10-6-4-5-7-13(10)18(22)23/h4-7,11-12H,8-9H2,1-3H3,(H,19,20)/t11-,12+/m0/s1. The summed E-state index contributed by atoms with van der Waals surface area (Å²) in [5, 5.41) is 20.7. The molecule has 2 rings (SSSR count). The molecular weight excluding hydrogens is 316 g/mol. The van der Waals surface area contributed by atoms with Crippen LogP contribution in [0.4, 0.5) is 10.5 Å². The monoisotopic (exact) mass is 336 g/mol. The van der Waals surface area contributed by atoms with Gasteiger partial charge in [0.15, 0.2) is 0 Å². The summed E-state index contributed by atoms with van der Waals surface area (Å²) in [4.78, 5) is 35.7. The average Bonchev–Trinajstić information content (AvgIpc) is 2.90. The van der Waals surface area contributed by atoms with Crippen LogP contribution >= 0.6 is 0 Å². The summed E-state index contributed by atoms with van der Waals surface area (Å²) >= 11 is 0. The highest BCUT2D eigenvalue weighted by Crippen LogP contribution is 2.37. The molecule has 1 heterocycles. The maximum atomic E-state index is 12.2. The second-order valence-corrected chi connectivity index (χ2v) is 6.75. The van der Waals surface area contributed by atoms with Gasteiger partial charge in [0.25, 0.3) is 5.69 Å². The summed E-state index contributed by atoms with van der Waals surface area (Å²) in [6.45, 7) is 5.18. The molecule has 24 heavy (non-hydrogen) atoms. The van der Waals surface area contributed by atoms with Gasteiger partial charge in [-0.2, -0.15) is 0 Å². The lowest BCUT2D eigenvalue weighted by atomic mass is 9.88. The van der Waals surface area contributed by atoms with Crippen molar-refractivity contribution in [3.05, 3.63) is 39.9 Å². The van der Waals surface area contributed by atoms with Crippen LogP contribution in [0.15, 0.2) is 24.3 Å². The molecule has 0 aliphatic carbocycles. The smallest absolute Gasteiger partial charge is 0.410 e. The lowest BCUT2D eigenvalue weighted by Crippen LogP contribution is -2.35. The summed E-state index contributed by atoms with van der Waals surface area (Å²) < 4.78 is 5.27. The topological polar surface area (TPSA) is 110 Å². The second kappa shape index (κ2) is 6.46. The van der Waals surface area contributed by atoms with Crippen LogP contribution in [0.1, 0.15) is 32.3 Å². The van der Waals surface area contributed by atoms with Gasteiger partial charge in [-0.25, -0.2) is 4.79 Å². The molecule has 8 heteroatoms. The molecule has 0 radical (unpaired) electrons. The number of nitrogens with zero attached hydrogens (tertiary/aromatic N) is 2. The second-order valence-electron chi connectivity index (χ2n) is 6.75. The fourth-order valence-electron chi connectivity index (χ4n) is 2.81. The van der Waals surface area contributed by atoms with Gasteiger partial charge >= 0.3 is 12.1 Å². The molecule has 0 saturated carbocycles. The van der Waals surface area contributed by atoms with Gasteiger partial charge in [0.2, 0.25) is 0 Å². The van der Waals surface area contributed by atoms with Crippen LogP contribution in [-0.4, -0.2) is 45.7 Å². The number of aliphatic carboxylic acids is 1. The van der Waals surface area contributed by atoms with E-state index in [0.29, 0.717) is 5.56 Å². The summed E-state index contributed by atoms with van der Waals surface area (Å²) in [6, 6.07) is 6.02. The third kappa shape index (κ3) is 3.81. The van der Waals surface area contributed by atoms with Crippen LogP contribution in [0, 0.1) is 16.0 Å². The van der Waals surface area contributed by atoms with Gasteiger partial charge < -0.3 is 14.7 Å². The Balaban J connectivity index is 2.31.